The molecule has 0 saturated carbocycles. The number of rotatable bonds is 2. The summed E-state index contributed by atoms with van der Waals surface area (Å²) in [5.74, 6) is 0.925. The van der Waals surface area contributed by atoms with E-state index in [0.717, 1.165) is 0 Å². The van der Waals surface area contributed by atoms with Gasteiger partial charge in [-0.3, -0.25) is 0 Å². The zero-order valence-corrected chi connectivity index (χ0v) is 10.2. The Labute approximate surface area is 102 Å². The number of anilines is 2. The Kier molecular flexibility index (Phi) is 3.57. The predicted octanol–water partition coefficient (Wildman–Crippen LogP) is 0.0188. The van der Waals surface area contributed by atoms with Crippen LogP contribution in [0.4, 0.5) is 11.8 Å². The molecule has 3 N–H and O–H groups in total. The second kappa shape index (κ2) is 4.94. The maximum atomic E-state index is 9.24. The van der Waals surface area contributed by atoms with Gasteiger partial charge in [-0.2, -0.15) is 4.98 Å². The van der Waals surface area contributed by atoms with Crippen molar-refractivity contribution in [1.29, 1.82) is 0 Å². The maximum Gasteiger partial charge on any atom is 0.228 e. The molecule has 16 heavy (non-hydrogen) atoms. The molecule has 88 valence electrons. The lowest BCUT2D eigenvalue weighted by molar-refractivity contribution is 0.0718. The maximum absolute atomic E-state index is 9.24. The number of hydrogen-bond acceptors (Lipinski definition) is 6. The van der Waals surface area contributed by atoms with Gasteiger partial charge in [0.25, 0.3) is 0 Å². The summed E-state index contributed by atoms with van der Waals surface area (Å²) in [5.41, 5.74) is 5.65. The lowest BCUT2D eigenvalue weighted by atomic mass is 10.2. The Bertz CT molecular complexity index is 356. The van der Waals surface area contributed by atoms with Gasteiger partial charge in [0.15, 0.2) is 0 Å². The average Bonchev–Trinajstić information content (AvgIpc) is 2.27. The molecule has 1 aliphatic heterocycles. The first-order chi connectivity index (χ1) is 7.70. The fraction of sp³-hybridized carbons (Fsp3) is 0.556. The van der Waals surface area contributed by atoms with Crippen LogP contribution in [-0.4, -0.2) is 47.5 Å². The van der Waals surface area contributed by atoms with Crippen LogP contribution in [-0.2, 0) is 4.74 Å². The first-order valence-corrected chi connectivity index (χ1v) is 5.75. The zero-order chi connectivity index (χ0) is 11.5. The second-order valence-electron chi connectivity index (χ2n) is 3.52. The van der Waals surface area contributed by atoms with Gasteiger partial charge >= 0.3 is 0 Å². The number of halogens is 1. The van der Waals surface area contributed by atoms with E-state index >= 15 is 0 Å². The van der Waals surface area contributed by atoms with Crippen molar-refractivity contribution in [1.82, 2.24) is 9.97 Å². The van der Waals surface area contributed by atoms with Gasteiger partial charge in [-0.25, -0.2) is 4.98 Å². The highest BCUT2D eigenvalue weighted by atomic mass is 79.9. The highest BCUT2D eigenvalue weighted by Gasteiger charge is 2.24. The van der Waals surface area contributed by atoms with Crippen molar-refractivity contribution < 1.29 is 9.84 Å². The number of aromatic nitrogens is 2. The molecular formula is C9H13BrN4O2. The monoisotopic (exact) mass is 288 g/mol. The smallest absolute Gasteiger partial charge is 0.228 e. The molecule has 0 radical (unpaired) electrons. The minimum absolute atomic E-state index is 0.00970. The highest BCUT2D eigenvalue weighted by molar-refractivity contribution is 9.10. The Hall–Kier alpha value is -0.920. The fourth-order valence-electron chi connectivity index (χ4n) is 1.62. The van der Waals surface area contributed by atoms with Crippen molar-refractivity contribution in [3.05, 3.63) is 10.7 Å². The van der Waals surface area contributed by atoms with Crippen LogP contribution in [0.3, 0.4) is 0 Å². The number of morpholine rings is 1. The Balaban J connectivity index is 2.26. The van der Waals surface area contributed by atoms with Gasteiger partial charge in [0, 0.05) is 12.6 Å². The number of nitrogens with two attached hydrogens (primary N) is 1. The van der Waals surface area contributed by atoms with Crippen LogP contribution in [0, 0.1) is 0 Å². The summed E-state index contributed by atoms with van der Waals surface area (Å²) in [7, 11) is 0. The van der Waals surface area contributed by atoms with Crippen LogP contribution in [0.25, 0.3) is 0 Å². The standard InChI is InChI=1S/C9H13BrN4O2/c10-7-3-8(11)13-9(12-7)14-1-2-16-5-6(14)4-15/h3,6,15H,1-2,4-5H2,(H2,11,12,13). The van der Waals surface area contributed by atoms with Crippen molar-refractivity contribution >= 4 is 27.7 Å². The van der Waals surface area contributed by atoms with E-state index in [1.807, 2.05) is 4.90 Å². The van der Waals surface area contributed by atoms with E-state index in [9.17, 15) is 5.11 Å². The average molecular weight is 289 g/mol. The van der Waals surface area contributed by atoms with Gasteiger partial charge in [0.2, 0.25) is 5.95 Å². The number of aliphatic hydroxyl groups excluding tert-OH is 1. The van der Waals surface area contributed by atoms with Crippen molar-refractivity contribution in [2.45, 2.75) is 6.04 Å². The minimum atomic E-state index is -0.109. The Morgan fingerprint density at radius 1 is 1.62 bits per heavy atom. The van der Waals surface area contributed by atoms with Crippen molar-refractivity contribution in [2.24, 2.45) is 0 Å². The molecule has 0 spiro atoms. The second-order valence-corrected chi connectivity index (χ2v) is 4.33. The molecule has 0 aliphatic carbocycles. The molecule has 1 aromatic heterocycles. The quantitative estimate of drug-likeness (QED) is 0.747. The van der Waals surface area contributed by atoms with E-state index in [4.69, 9.17) is 10.5 Å². The summed E-state index contributed by atoms with van der Waals surface area (Å²) in [6, 6.07) is 1.53. The summed E-state index contributed by atoms with van der Waals surface area (Å²) in [6.07, 6.45) is 0. The molecule has 1 aromatic rings. The largest absolute Gasteiger partial charge is 0.394 e. The predicted molar refractivity (Wildman–Crippen MR) is 63.2 cm³/mol. The van der Waals surface area contributed by atoms with Gasteiger partial charge in [-0.1, -0.05) is 0 Å². The number of hydrogen-bond donors (Lipinski definition) is 2. The number of nitrogens with zero attached hydrogens (tertiary/aromatic N) is 3. The molecule has 2 heterocycles. The number of aliphatic hydroxyl groups is 1. The van der Waals surface area contributed by atoms with Gasteiger partial charge in [-0.15, -0.1) is 0 Å². The Morgan fingerprint density at radius 2 is 2.44 bits per heavy atom. The van der Waals surface area contributed by atoms with Crippen LogP contribution < -0.4 is 10.6 Å². The SMILES string of the molecule is Nc1cc(Br)nc(N2CCOCC2CO)n1. The fourth-order valence-corrected chi connectivity index (χ4v) is 2.01. The molecule has 1 unspecified atom stereocenters. The van der Waals surface area contributed by atoms with Crippen LogP contribution in [0.15, 0.2) is 10.7 Å². The molecule has 0 aromatic carbocycles. The Morgan fingerprint density at radius 3 is 3.12 bits per heavy atom. The number of ether oxygens (including phenoxy) is 1. The molecule has 1 saturated heterocycles. The summed E-state index contributed by atoms with van der Waals surface area (Å²) < 4.78 is 5.92. The summed E-state index contributed by atoms with van der Waals surface area (Å²) in [6.45, 7) is 1.75. The molecular weight excluding hydrogens is 276 g/mol. The topological polar surface area (TPSA) is 84.5 Å². The number of nitrogen functional groups attached to an aromatic ring is 1. The molecule has 1 fully saturated rings. The highest BCUT2D eigenvalue weighted by Crippen LogP contribution is 2.19. The van der Waals surface area contributed by atoms with Gasteiger partial charge in [0.1, 0.15) is 10.4 Å². The van der Waals surface area contributed by atoms with Crippen LogP contribution in [0.1, 0.15) is 0 Å². The lowest BCUT2D eigenvalue weighted by Gasteiger charge is -2.34. The molecule has 7 heteroatoms. The normalized spacial score (nSPS) is 21.1. The van der Waals surface area contributed by atoms with E-state index in [1.165, 1.54) is 0 Å². The molecule has 0 bridgehead atoms. The van der Waals surface area contributed by atoms with Crippen molar-refractivity contribution in [2.75, 3.05) is 37.0 Å². The van der Waals surface area contributed by atoms with E-state index in [2.05, 4.69) is 25.9 Å². The lowest BCUT2D eigenvalue weighted by Crippen LogP contribution is -2.48. The minimum Gasteiger partial charge on any atom is -0.394 e. The van der Waals surface area contributed by atoms with Gasteiger partial charge in [0.05, 0.1) is 25.9 Å². The summed E-state index contributed by atoms with van der Waals surface area (Å²) in [5, 5.41) is 9.24. The summed E-state index contributed by atoms with van der Waals surface area (Å²) >= 11 is 3.27. The zero-order valence-electron chi connectivity index (χ0n) is 8.64. The van der Waals surface area contributed by atoms with E-state index < -0.39 is 0 Å². The third-order valence-electron chi connectivity index (χ3n) is 2.40. The van der Waals surface area contributed by atoms with E-state index in [0.29, 0.717) is 36.1 Å². The van der Waals surface area contributed by atoms with Crippen LogP contribution >= 0.6 is 15.9 Å². The van der Waals surface area contributed by atoms with Crippen LogP contribution in [0.2, 0.25) is 0 Å². The summed E-state index contributed by atoms with van der Waals surface area (Å²) in [4.78, 5) is 10.3. The molecule has 1 atom stereocenters. The molecule has 0 amide bonds. The molecule has 1 aliphatic rings. The molecule has 2 rings (SSSR count). The van der Waals surface area contributed by atoms with Crippen LogP contribution in [0.5, 0.6) is 0 Å². The van der Waals surface area contributed by atoms with E-state index in [1.54, 1.807) is 6.07 Å². The first-order valence-electron chi connectivity index (χ1n) is 4.96. The van der Waals surface area contributed by atoms with Gasteiger partial charge in [-0.05, 0) is 15.9 Å². The molecule has 6 nitrogen and oxygen atoms in total. The van der Waals surface area contributed by atoms with Gasteiger partial charge < -0.3 is 20.5 Å². The van der Waals surface area contributed by atoms with Crippen molar-refractivity contribution in [3.63, 3.8) is 0 Å². The van der Waals surface area contributed by atoms with Crippen molar-refractivity contribution in [3.8, 4) is 0 Å². The van der Waals surface area contributed by atoms with E-state index in [-0.39, 0.29) is 12.6 Å². The third kappa shape index (κ3) is 2.42. The third-order valence-corrected chi connectivity index (χ3v) is 2.80. The first kappa shape index (κ1) is 11.6.